The second kappa shape index (κ2) is 12.0. The third-order valence-corrected chi connectivity index (χ3v) is 6.11. The molecule has 9 nitrogen and oxygen atoms in total. The summed E-state index contributed by atoms with van der Waals surface area (Å²) in [6.45, 7) is 5.85. The largest absolute Gasteiger partial charge is 0.368 e. The Kier molecular flexibility index (Phi) is 9.03. The summed E-state index contributed by atoms with van der Waals surface area (Å²) >= 11 is 0. The molecule has 3 rings (SSSR count). The highest BCUT2D eigenvalue weighted by molar-refractivity contribution is 5.94. The summed E-state index contributed by atoms with van der Waals surface area (Å²) in [7, 11) is 0. The molecular formula is C27H33F2N5O4. The highest BCUT2D eigenvalue weighted by atomic mass is 19.1. The van der Waals surface area contributed by atoms with Gasteiger partial charge in [0.05, 0.1) is 11.7 Å². The van der Waals surface area contributed by atoms with Gasteiger partial charge in [0.25, 0.3) is 0 Å². The number of anilines is 1. The summed E-state index contributed by atoms with van der Waals surface area (Å²) in [4.78, 5) is 52.8. The van der Waals surface area contributed by atoms with Gasteiger partial charge in [0.15, 0.2) is 0 Å². The van der Waals surface area contributed by atoms with Gasteiger partial charge in [-0.3, -0.25) is 14.4 Å². The molecule has 5 amide bonds. The topological polar surface area (TPSA) is 134 Å². The van der Waals surface area contributed by atoms with E-state index in [9.17, 15) is 28.0 Å². The lowest BCUT2D eigenvalue weighted by Crippen LogP contribution is -2.58. The number of hydrogen-bond acceptors (Lipinski definition) is 4. The highest BCUT2D eigenvalue weighted by Crippen LogP contribution is 2.26. The summed E-state index contributed by atoms with van der Waals surface area (Å²) in [6, 6.07) is 7.83. The van der Waals surface area contributed by atoms with Crippen LogP contribution in [0, 0.1) is 17.0 Å². The van der Waals surface area contributed by atoms with Crippen LogP contribution in [0.3, 0.4) is 0 Å². The molecule has 1 aliphatic heterocycles. The highest BCUT2D eigenvalue weighted by Gasteiger charge is 2.44. The number of benzene rings is 2. The van der Waals surface area contributed by atoms with Gasteiger partial charge in [-0.15, -0.1) is 0 Å². The van der Waals surface area contributed by atoms with Crippen LogP contribution in [0.15, 0.2) is 48.5 Å². The van der Waals surface area contributed by atoms with Crippen LogP contribution < -0.4 is 21.7 Å². The normalized spacial score (nSPS) is 18.0. The lowest BCUT2D eigenvalue weighted by atomic mass is 9.91. The van der Waals surface area contributed by atoms with Crippen LogP contribution in [-0.2, 0) is 20.8 Å². The van der Waals surface area contributed by atoms with Gasteiger partial charge in [-0.2, -0.15) is 0 Å². The standard InChI is InChI=1S/C27H33F2N5O4/c1-27(2,3)15-22(35)34-12-11-20(33-26(38)32-19-10-9-17(28)14-18(19)29)23(34)25(37)31-21(24(30)36)13-16-7-5-4-6-8-16/h4-10,14,20-21,23H,11-13,15H2,1-3H3,(H2,30,36)(H,31,37)(H2,32,33,38)/t20-,21+,23-/m0/s1. The van der Waals surface area contributed by atoms with E-state index in [0.29, 0.717) is 6.07 Å². The van der Waals surface area contributed by atoms with Gasteiger partial charge in [0.2, 0.25) is 17.7 Å². The number of likely N-dealkylation sites (tertiary alicyclic amines) is 1. The van der Waals surface area contributed by atoms with Gasteiger partial charge in [-0.1, -0.05) is 51.1 Å². The van der Waals surface area contributed by atoms with Crippen molar-refractivity contribution < 1.29 is 28.0 Å². The van der Waals surface area contributed by atoms with Crippen molar-refractivity contribution in [1.82, 2.24) is 15.5 Å². The van der Waals surface area contributed by atoms with Gasteiger partial charge < -0.3 is 26.6 Å². The van der Waals surface area contributed by atoms with E-state index in [0.717, 1.165) is 17.7 Å². The average Bonchev–Trinajstić information content (AvgIpc) is 3.23. The van der Waals surface area contributed by atoms with Crippen LogP contribution in [0.1, 0.15) is 39.2 Å². The molecular weight excluding hydrogens is 496 g/mol. The van der Waals surface area contributed by atoms with Crippen LogP contribution >= 0.6 is 0 Å². The molecule has 38 heavy (non-hydrogen) atoms. The van der Waals surface area contributed by atoms with E-state index in [1.54, 1.807) is 24.3 Å². The fourth-order valence-electron chi connectivity index (χ4n) is 4.35. The predicted octanol–water partition coefficient (Wildman–Crippen LogP) is 2.70. The van der Waals surface area contributed by atoms with Crippen LogP contribution in [0.5, 0.6) is 0 Å². The zero-order valence-corrected chi connectivity index (χ0v) is 21.6. The van der Waals surface area contributed by atoms with Crippen molar-refractivity contribution in [3.8, 4) is 0 Å². The Morgan fingerprint density at radius 1 is 1.08 bits per heavy atom. The zero-order chi connectivity index (χ0) is 28.0. The summed E-state index contributed by atoms with van der Waals surface area (Å²) in [5, 5.41) is 7.56. The molecule has 0 spiro atoms. The molecule has 11 heteroatoms. The van der Waals surface area contributed by atoms with Gasteiger partial charge in [0.1, 0.15) is 23.7 Å². The molecule has 2 aromatic carbocycles. The SMILES string of the molecule is CC(C)(C)CC(=O)N1CC[C@H](NC(=O)Nc2ccc(F)cc2F)[C@H]1C(=O)N[C@H](Cc1ccccc1)C(N)=O. The summed E-state index contributed by atoms with van der Waals surface area (Å²) in [5.74, 6) is -3.45. The molecule has 0 bridgehead atoms. The lowest BCUT2D eigenvalue weighted by Gasteiger charge is -2.31. The molecule has 1 aliphatic rings. The monoisotopic (exact) mass is 529 g/mol. The van der Waals surface area contributed by atoms with Crippen molar-refractivity contribution >= 4 is 29.4 Å². The lowest BCUT2D eigenvalue weighted by molar-refractivity contribution is -0.141. The Labute approximate surface area is 220 Å². The molecule has 204 valence electrons. The smallest absolute Gasteiger partial charge is 0.319 e. The second-order valence-corrected chi connectivity index (χ2v) is 10.5. The van der Waals surface area contributed by atoms with Crippen LogP contribution in [-0.4, -0.2) is 53.3 Å². The van der Waals surface area contributed by atoms with Crippen molar-refractivity contribution in [3.05, 3.63) is 65.7 Å². The minimum Gasteiger partial charge on any atom is -0.368 e. The van der Waals surface area contributed by atoms with Crippen LogP contribution in [0.2, 0.25) is 0 Å². The molecule has 0 aromatic heterocycles. The van der Waals surface area contributed by atoms with Gasteiger partial charge in [0, 0.05) is 25.5 Å². The van der Waals surface area contributed by atoms with Crippen LogP contribution in [0.4, 0.5) is 19.3 Å². The van der Waals surface area contributed by atoms with Crippen molar-refractivity contribution in [2.75, 3.05) is 11.9 Å². The Morgan fingerprint density at radius 3 is 2.37 bits per heavy atom. The molecule has 3 atom stereocenters. The minimum atomic E-state index is -1.13. The minimum absolute atomic E-state index is 0.146. The van der Waals surface area contributed by atoms with E-state index in [-0.39, 0.29) is 42.8 Å². The first-order valence-electron chi connectivity index (χ1n) is 12.3. The summed E-state index contributed by atoms with van der Waals surface area (Å²) < 4.78 is 27.2. The summed E-state index contributed by atoms with van der Waals surface area (Å²) in [6.07, 6.45) is 0.542. The van der Waals surface area contributed by atoms with Gasteiger partial charge >= 0.3 is 6.03 Å². The third kappa shape index (κ3) is 7.74. The number of amides is 5. The van der Waals surface area contributed by atoms with Gasteiger partial charge in [-0.25, -0.2) is 13.6 Å². The Hall–Kier alpha value is -4.02. The number of nitrogens with zero attached hydrogens (tertiary/aromatic N) is 1. The van der Waals surface area contributed by atoms with Crippen molar-refractivity contribution in [1.29, 1.82) is 0 Å². The maximum absolute atomic E-state index is 14.0. The van der Waals surface area contributed by atoms with E-state index >= 15 is 0 Å². The maximum atomic E-state index is 14.0. The number of rotatable bonds is 8. The number of urea groups is 1. The number of nitrogens with one attached hydrogen (secondary N) is 3. The first-order chi connectivity index (χ1) is 17.8. The predicted molar refractivity (Wildman–Crippen MR) is 138 cm³/mol. The average molecular weight is 530 g/mol. The van der Waals surface area contributed by atoms with E-state index in [4.69, 9.17) is 5.73 Å². The van der Waals surface area contributed by atoms with Crippen molar-refractivity contribution in [3.63, 3.8) is 0 Å². The molecule has 0 aliphatic carbocycles. The first-order valence-corrected chi connectivity index (χ1v) is 12.3. The molecule has 0 radical (unpaired) electrons. The Bertz CT molecular complexity index is 1190. The van der Waals surface area contributed by atoms with E-state index in [1.807, 2.05) is 26.8 Å². The molecule has 2 aromatic rings. The number of nitrogens with two attached hydrogens (primary N) is 1. The third-order valence-electron chi connectivity index (χ3n) is 6.11. The first kappa shape index (κ1) is 28.5. The van der Waals surface area contributed by atoms with Gasteiger partial charge in [-0.05, 0) is 29.5 Å². The number of hydrogen-bond donors (Lipinski definition) is 4. The van der Waals surface area contributed by atoms with Crippen LogP contribution in [0.25, 0.3) is 0 Å². The fourth-order valence-corrected chi connectivity index (χ4v) is 4.35. The summed E-state index contributed by atoms with van der Waals surface area (Å²) in [5.41, 5.74) is 5.73. The molecule has 0 unspecified atom stereocenters. The maximum Gasteiger partial charge on any atom is 0.319 e. The van der Waals surface area contributed by atoms with Crippen molar-refractivity contribution in [2.24, 2.45) is 11.1 Å². The number of carbonyl (C=O) groups excluding carboxylic acids is 4. The number of halogens is 2. The molecule has 1 fully saturated rings. The zero-order valence-electron chi connectivity index (χ0n) is 21.6. The number of carbonyl (C=O) groups is 4. The van der Waals surface area contributed by atoms with E-state index in [1.165, 1.54) is 4.90 Å². The Balaban J connectivity index is 1.80. The fraction of sp³-hybridized carbons (Fsp3) is 0.407. The molecule has 5 N–H and O–H groups in total. The molecule has 1 heterocycles. The van der Waals surface area contributed by atoms with E-state index < -0.39 is 47.6 Å². The quantitative estimate of drug-likeness (QED) is 0.418. The molecule has 0 saturated carbocycles. The number of primary amides is 1. The molecule has 1 saturated heterocycles. The second-order valence-electron chi connectivity index (χ2n) is 10.5. The van der Waals surface area contributed by atoms with E-state index in [2.05, 4.69) is 16.0 Å². The van der Waals surface area contributed by atoms with Crippen molar-refractivity contribution in [2.45, 2.75) is 58.2 Å². The Morgan fingerprint density at radius 2 is 1.76 bits per heavy atom.